The molecule has 78 valence electrons. The van der Waals surface area contributed by atoms with E-state index in [1.165, 1.54) is 5.56 Å². The fourth-order valence-electron chi connectivity index (χ4n) is 1.78. The highest BCUT2D eigenvalue weighted by molar-refractivity contribution is 5.77. The molecule has 2 rings (SSSR count). The molecule has 0 N–H and O–H groups in total. The summed E-state index contributed by atoms with van der Waals surface area (Å²) in [4.78, 5) is 9.06. The normalized spacial score (nSPS) is 11.7. The first-order valence-corrected chi connectivity index (χ1v) is 5.07. The van der Waals surface area contributed by atoms with Gasteiger partial charge < -0.3 is 4.57 Å². The number of hydrogen-bond acceptors (Lipinski definition) is 2. The fraction of sp³-hybridized carbons (Fsp3) is 0.333. The van der Waals surface area contributed by atoms with E-state index >= 15 is 0 Å². The Kier molecular flexibility index (Phi) is 2.31. The summed E-state index contributed by atoms with van der Waals surface area (Å²) in [6.45, 7) is 6.07. The van der Waals surface area contributed by atoms with E-state index in [0.717, 1.165) is 22.7 Å². The van der Waals surface area contributed by atoms with Gasteiger partial charge in [0.25, 0.3) is 0 Å². The molecule has 0 saturated heterocycles. The van der Waals surface area contributed by atoms with Crippen molar-refractivity contribution in [2.75, 3.05) is 0 Å². The number of hydrogen-bond donors (Lipinski definition) is 0. The molecule has 0 aliphatic heterocycles. The van der Waals surface area contributed by atoms with E-state index in [9.17, 15) is 0 Å². The summed E-state index contributed by atoms with van der Waals surface area (Å²) in [5, 5.41) is 0. The highest BCUT2D eigenvalue weighted by atomic mass is 15.1. The summed E-state index contributed by atoms with van der Waals surface area (Å²) >= 11 is 0. The molecule has 3 nitrogen and oxygen atoms in total. The summed E-state index contributed by atoms with van der Waals surface area (Å²) in [6.07, 6.45) is 3.99. The maximum Gasteiger partial charge on any atom is 0.160 e. The molecule has 0 aromatic carbocycles. The summed E-state index contributed by atoms with van der Waals surface area (Å²) in [7, 11) is 2.00. The van der Waals surface area contributed by atoms with Crippen LogP contribution >= 0.6 is 0 Å². The number of rotatable bonds is 1. The van der Waals surface area contributed by atoms with Crippen molar-refractivity contribution in [2.45, 2.75) is 20.8 Å². The van der Waals surface area contributed by atoms with Gasteiger partial charge in [-0.1, -0.05) is 6.08 Å². The van der Waals surface area contributed by atoms with Crippen molar-refractivity contribution in [3.05, 3.63) is 29.2 Å². The first-order chi connectivity index (χ1) is 7.13. The summed E-state index contributed by atoms with van der Waals surface area (Å²) in [5.74, 6) is 0.953. The van der Waals surface area contributed by atoms with Gasteiger partial charge in [0.2, 0.25) is 0 Å². The predicted octanol–water partition coefficient (Wildman–Crippen LogP) is 2.62. The van der Waals surface area contributed by atoms with Crippen LogP contribution in [0.25, 0.3) is 17.2 Å². The smallest absolute Gasteiger partial charge is 0.160 e. The largest absolute Gasteiger partial charge is 0.312 e. The Balaban J connectivity index is 2.81. The van der Waals surface area contributed by atoms with Crippen LogP contribution in [-0.2, 0) is 7.05 Å². The second-order valence-electron chi connectivity index (χ2n) is 3.78. The zero-order chi connectivity index (χ0) is 11.0. The van der Waals surface area contributed by atoms with Gasteiger partial charge in [0, 0.05) is 12.7 Å². The number of imidazole rings is 1. The molecule has 0 fully saturated rings. The van der Waals surface area contributed by atoms with Gasteiger partial charge in [0.05, 0.1) is 0 Å². The van der Waals surface area contributed by atoms with E-state index in [1.54, 1.807) is 0 Å². The second-order valence-corrected chi connectivity index (χ2v) is 3.78. The lowest BCUT2D eigenvalue weighted by molar-refractivity contribution is 0.911. The van der Waals surface area contributed by atoms with Gasteiger partial charge in [-0.2, -0.15) is 0 Å². The maximum absolute atomic E-state index is 4.56. The van der Waals surface area contributed by atoms with Crippen LogP contribution in [0.15, 0.2) is 12.1 Å². The number of allylic oxidation sites excluding steroid dienone is 1. The molecule has 0 aliphatic carbocycles. The predicted molar refractivity (Wildman–Crippen MR) is 62.7 cm³/mol. The first kappa shape index (κ1) is 9.90. The SMILES string of the molecule is C/C=C/c1nc2c(C)cc(C)nc2n1C. The van der Waals surface area contributed by atoms with Crippen molar-refractivity contribution in [1.29, 1.82) is 0 Å². The zero-order valence-corrected chi connectivity index (χ0v) is 9.57. The monoisotopic (exact) mass is 201 g/mol. The summed E-state index contributed by atoms with van der Waals surface area (Å²) in [5.41, 5.74) is 4.18. The third kappa shape index (κ3) is 1.54. The fourth-order valence-corrected chi connectivity index (χ4v) is 1.78. The molecule has 0 atom stereocenters. The maximum atomic E-state index is 4.56. The Bertz CT molecular complexity index is 535. The Morgan fingerprint density at radius 2 is 2.00 bits per heavy atom. The zero-order valence-electron chi connectivity index (χ0n) is 9.57. The number of nitrogens with zero attached hydrogens (tertiary/aromatic N) is 3. The van der Waals surface area contributed by atoms with E-state index in [0.29, 0.717) is 0 Å². The lowest BCUT2D eigenvalue weighted by atomic mass is 10.2. The molecule has 0 bridgehead atoms. The van der Waals surface area contributed by atoms with Gasteiger partial charge >= 0.3 is 0 Å². The quantitative estimate of drug-likeness (QED) is 0.710. The van der Waals surface area contributed by atoms with Crippen LogP contribution in [0.1, 0.15) is 24.0 Å². The lowest BCUT2D eigenvalue weighted by Gasteiger charge is -1.99. The van der Waals surface area contributed by atoms with E-state index < -0.39 is 0 Å². The molecule has 0 aliphatic rings. The van der Waals surface area contributed by atoms with Gasteiger partial charge in [-0.15, -0.1) is 0 Å². The molecule has 0 amide bonds. The Morgan fingerprint density at radius 3 is 2.67 bits per heavy atom. The number of pyridine rings is 1. The Hall–Kier alpha value is -1.64. The van der Waals surface area contributed by atoms with Gasteiger partial charge in [0.15, 0.2) is 5.65 Å². The lowest BCUT2D eigenvalue weighted by Crippen LogP contribution is -1.94. The number of aryl methyl sites for hydroxylation is 3. The summed E-state index contributed by atoms with van der Waals surface area (Å²) < 4.78 is 2.02. The van der Waals surface area contributed by atoms with Gasteiger partial charge in [-0.3, -0.25) is 0 Å². The van der Waals surface area contributed by atoms with Crippen molar-refractivity contribution >= 4 is 17.2 Å². The van der Waals surface area contributed by atoms with E-state index in [2.05, 4.69) is 23.0 Å². The van der Waals surface area contributed by atoms with Crippen LogP contribution in [-0.4, -0.2) is 14.5 Å². The van der Waals surface area contributed by atoms with Crippen molar-refractivity contribution in [2.24, 2.45) is 7.05 Å². The van der Waals surface area contributed by atoms with Gasteiger partial charge in [-0.05, 0) is 38.5 Å². The van der Waals surface area contributed by atoms with E-state index in [1.807, 2.05) is 37.6 Å². The molecule has 0 spiro atoms. The van der Waals surface area contributed by atoms with Crippen LogP contribution < -0.4 is 0 Å². The molecule has 2 aromatic rings. The highest BCUT2D eigenvalue weighted by Crippen LogP contribution is 2.18. The number of fused-ring (bicyclic) bond motifs is 1. The molecular formula is C12H15N3. The van der Waals surface area contributed by atoms with Crippen LogP contribution in [0.3, 0.4) is 0 Å². The molecule has 3 heteroatoms. The minimum Gasteiger partial charge on any atom is -0.312 e. The van der Waals surface area contributed by atoms with Crippen molar-refractivity contribution in [3.63, 3.8) is 0 Å². The van der Waals surface area contributed by atoms with Gasteiger partial charge in [-0.25, -0.2) is 9.97 Å². The van der Waals surface area contributed by atoms with Crippen LogP contribution in [0.5, 0.6) is 0 Å². The molecule has 15 heavy (non-hydrogen) atoms. The van der Waals surface area contributed by atoms with Crippen molar-refractivity contribution < 1.29 is 0 Å². The highest BCUT2D eigenvalue weighted by Gasteiger charge is 2.09. The molecule has 0 radical (unpaired) electrons. The molecular weight excluding hydrogens is 186 g/mol. The van der Waals surface area contributed by atoms with Crippen LogP contribution in [0, 0.1) is 13.8 Å². The van der Waals surface area contributed by atoms with Gasteiger partial charge in [0.1, 0.15) is 11.3 Å². The number of aromatic nitrogens is 3. The average Bonchev–Trinajstić information content (AvgIpc) is 2.47. The molecule has 2 heterocycles. The molecule has 0 unspecified atom stereocenters. The van der Waals surface area contributed by atoms with Crippen molar-refractivity contribution in [1.82, 2.24) is 14.5 Å². The average molecular weight is 201 g/mol. The van der Waals surface area contributed by atoms with E-state index in [4.69, 9.17) is 0 Å². The van der Waals surface area contributed by atoms with Crippen LogP contribution in [0.2, 0.25) is 0 Å². The van der Waals surface area contributed by atoms with E-state index in [-0.39, 0.29) is 0 Å². The summed E-state index contributed by atoms with van der Waals surface area (Å²) in [6, 6.07) is 2.06. The standard InChI is InChI=1S/C12H15N3/c1-5-6-10-14-11-8(2)7-9(3)13-12(11)15(10)4/h5-7H,1-4H3/b6-5+. The first-order valence-electron chi connectivity index (χ1n) is 5.07. The third-order valence-corrected chi connectivity index (χ3v) is 2.50. The molecule has 0 saturated carbocycles. The van der Waals surface area contributed by atoms with Crippen LogP contribution in [0.4, 0.5) is 0 Å². The molecule has 2 aromatic heterocycles. The van der Waals surface area contributed by atoms with Crippen molar-refractivity contribution in [3.8, 4) is 0 Å². The minimum absolute atomic E-state index is 0.953. The Labute approximate surface area is 89.5 Å². The minimum atomic E-state index is 0.953. The second kappa shape index (κ2) is 3.50. The topological polar surface area (TPSA) is 30.7 Å². The Morgan fingerprint density at radius 1 is 1.27 bits per heavy atom. The third-order valence-electron chi connectivity index (χ3n) is 2.50.